The Morgan fingerprint density at radius 3 is 1.35 bits per heavy atom. The van der Waals surface area contributed by atoms with Gasteiger partial charge in [0.25, 0.3) is 0 Å². The van der Waals surface area contributed by atoms with Crippen LogP contribution in [0.1, 0.15) is 79.1 Å². The lowest BCUT2D eigenvalue weighted by molar-refractivity contribution is -0.134. The molecular formula is C30H44O4. The fraction of sp³-hybridized carbons (Fsp3) is 0.667. The lowest BCUT2D eigenvalue weighted by Crippen LogP contribution is -2.34. The first kappa shape index (κ1) is 26.5. The Bertz CT molecular complexity index is 802. The van der Waals surface area contributed by atoms with E-state index in [-0.39, 0.29) is 0 Å². The highest BCUT2D eigenvalue weighted by Crippen LogP contribution is 2.48. The average Bonchev–Trinajstić information content (AvgIpc) is 2.79. The van der Waals surface area contributed by atoms with E-state index < -0.39 is 11.9 Å². The van der Waals surface area contributed by atoms with Crippen LogP contribution < -0.4 is 0 Å². The average molecular weight is 469 g/mol. The Morgan fingerprint density at radius 2 is 1.06 bits per heavy atom. The van der Waals surface area contributed by atoms with Gasteiger partial charge in [-0.2, -0.15) is 0 Å². The van der Waals surface area contributed by atoms with E-state index in [4.69, 9.17) is 10.2 Å². The summed E-state index contributed by atoms with van der Waals surface area (Å²) in [6, 6.07) is 0. The standard InChI is InChI=1S/2C15H22O2/c2*1-9(2)12-6-4-10(3)13-7-5-11(15(16)17)8-14(12)13/h2*8-9,12-14H,3-7H2,1-2H3,(H,16,17)/t2*12-,13-,14-/m00/s1. The third kappa shape index (κ3) is 5.75. The normalized spacial score (nSPS) is 33.2. The molecule has 34 heavy (non-hydrogen) atoms. The molecule has 4 rings (SSSR count). The molecule has 4 aliphatic rings. The molecule has 4 aliphatic carbocycles. The van der Waals surface area contributed by atoms with Gasteiger partial charge in [-0.15, -0.1) is 0 Å². The van der Waals surface area contributed by atoms with Gasteiger partial charge in [-0.25, -0.2) is 9.59 Å². The number of aliphatic carboxylic acids is 2. The number of hydrogen-bond donors (Lipinski definition) is 2. The van der Waals surface area contributed by atoms with Crippen molar-refractivity contribution in [1.29, 1.82) is 0 Å². The smallest absolute Gasteiger partial charge is 0.331 e. The molecule has 0 heterocycles. The van der Waals surface area contributed by atoms with Gasteiger partial charge in [0, 0.05) is 11.1 Å². The zero-order valence-corrected chi connectivity index (χ0v) is 21.6. The highest BCUT2D eigenvalue weighted by molar-refractivity contribution is 5.87. The molecule has 2 saturated carbocycles. The minimum atomic E-state index is -0.734. The van der Waals surface area contributed by atoms with Crippen LogP contribution in [0.4, 0.5) is 0 Å². The number of allylic oxidation sites excluding steroid dienone is 4. The third-order valence-corrected chi connectivity index (χ3v) is 9.06. The van der Waals surface area contributed by atoms with Gasteiger partial charge < -0.3 is 10.2 Å². The Hall–Kier alpha value is -2.10. The van der Waals surface area contributed by atoms with Gasteiger partial charge in [0.15, 0.2) is 0 Å². The van der Waals surface area contributed by atoms with Gasteiger partial charge in [-0.3, -0.25) is 0 Å². The lowest BCUT2D eigenvalue weighted by atomic mass is 9.62. The topological polar surface area (TPSA) is 74.6 Å². The highest BCUT2D eigenvalue weighted by atomic mass is 16.4. The van der Waals surface area contributed by atoms with E-state index in [1.165, 1.54) is 24.0 Å². The summed E-state index contributed by atoms with van der Waals surface area (Å²) in [6.45, 7) is 17.4. The van der Waals surface area contributed by atoms with Crippen LogP contribution in [0, 0.1) is 47.3 Å². The zero-order valence-electron chi connectivity index (χ0n) is 21.6. The third-order valence-electron chi connectivity index (χ3n) is 9.06. The van der Waals surface area contributed by atoms with Crippen molar-refractivity contribution in [3.8, 4) is 0 Å². The summed E-state index contributed by atoms with van der Waals surface area (Å²) >= 11 is 0. The molecule has 0 radical (unpaired) electrons. The number of rotatable bonds is 4. The van der Waals surface area contributed by atoms with E-state index in [1.54, 1.807) is 0 Å². The van der Waals surface area contributed by atoms with Gasteiger partial charge in [-0.1, -0.05) is 64.2 Å². The molecule has 0 amide bonds. The second-order valence-corrected chi connectivity index (χ2v) is 11.6. The molecule has 0 aromatic rings. The number of carboxylic acid groups (broad SMARTS) is 2. The largest absolute Gasteiger partial charge is 0.478 e. The van der Waals surface area contributed by atoms with Gasteiger partial charge in [0.2, 0.25) is 0 Å². The number of carboxylic acids is 2. The quantitative estimate of drug-likeness (QED) is 0.425. The monoisotopic (exact) mass is 468 g/mol. The van der Waals surface area contributed by atoms with Crippen LogP contribution >= 0.6 is 0 Å². The Balaban J connectivity index is 0.000000191. The van der Waals surface area contributed by atoms with Crippen molar-refractivity contribution in [2.75, 3.05) is 0 Å². The fourth-order valence-electron chi connectivity index (χ4n) is 7.04. The van der Waals surface area contributed by atoms with Crippen LogP contribution in [0.2, 0.25) is 0 Å². The molecular weight excluding hydrogens is 424 g/mol. The number of hydrogen-bond acceptors (Lipinski definition) is 2. The van der Waals surface area contributed by atoms with Gasteiger partial charge >= 0.3 is 11.9 Å². The van der Waals surface area contributed by atoms with E-state index in [1.807, 2.05) is 12.2 Å². The molecule has 0 unspecified atom stereocenters. The molecule has 4 nitrogen and oxygen atoms in total. The summed E-state index contributed by atoms with van der Waals surface area (Å²) in [5.41, 5.74) is 3.92. The van der Waals surface area contributed by atoms with Crippen molar-refractivity contribution in [3.63, 3.8) is 0 Å². The minimum absolute atomic E-state index is 0.413. The van der Waals surface area contributed by atoms with Gasteiger partial charge in [0.1, 0.15) is 0 Å². The van der Waals surface area contributed by atoms with Gasteiger partial charge in [-0.05, 0) is 98.7 Å². The van der Waals surface area contributed by atoms with E-state index in [9.17, 15) is 9.59 Å². The Labute approximate surface area is 205 Å². The summed E-state index contributed by atoms with van der Waals surface area (Å²) in [5, 5.41) is 18.3. The minimum Gasteiger partial charge on any atom is -0.478 e. The number of fused-ring (bicyclic) bond motifs is 2. The second-order valence-electron chi connectivity index (χ2n) is 11.6. The van der Waals surface area contributed by atoms with Crippen molar-refractivity contribution in [2.45, 2.75) is 79.1 Å². The van der Waals surface area contributed by atoms with Crippen molar-refractivity contribution in [2.24, 2.45) is 47.3 Å². The maximum atomic E-state index is 11.1. The first-order valence-electron chi connectivity index (χ1n) is 13.2. The van der Waals surface area contributed by atoms with Crippen LogP contribution in [0.15, 0.2) is 47.6 Å². The van der Waals surface area contributed by atoms with Crippen molar-refractivity contribution >= 4 is 11.9 Å². The first-order valence-corrected chi connectivity index (χ1v) is 13.2. The maximum Gasteiger partial charge on any atom is 0.331 e. The van der Waals surface area contributed by atoms with Crippen LogP contribution in [-0.2, 0) is 9.59 Å². The number of carbonyl (C=O) groups is 2. The SMILES string of the molecule is C=C1CC[C@@H](C(C)C)[C@@H]2C=C(C(=O)O)CC[C@@H]12.C=C1CC[C@@H](C(C)C)[C@@H]2C=C(C(=O)O)CC[C@@H]12. The van der Waals surface area contributed by atoms with E-state index in [2.05, 4.69) is 40.9 Å². The molecule has 2 fully saturated rings. The highest BCUT2D eigenvalue weighted by Gasteiger charge is 2.39. The van der Waals surface area contributed by atoms with Crippen molar-refractivity contribution in [1.82, 2.24) is 0 Å². The molecule has 0 aromatic carbocycles. The molecule has 0 aliphatic heterocycles. The van der Waals surface area contributed by atoms with Crippen LogP contribution in [0.5, 0.6) is 0 Å². The summed E-state index contributed by atoms with van der Waals surface area (Å²) in [7, 11) is 0. The van der Waals surface area contributed by atoms with Gasteiger partial charge in [0.05, 0.1) is 0 Å². The van der Waals surface area contributed by atoms with E-state index in [0.29, 0.717) is 71.3 Å². The molecule has 4 heteroatoms. The zero-order chi connectivity index (χ0) is 25.2. The summed E-state index contributed by atoms with van der Waals surface area (Å²) in [4.78, 5) is 22.2. The lowest BCUT2D eigenvalue weighted by Gasteiger charge is -2.42. The summed E-state index contributed by atoms with van der Waals surface area (Å²) < 4.78 is 0. The summed E-state index contributed by atoms with van der Waals surface area (Å²) in [6.07, 6.45) is 12.0. The Kier molecular flexibility index (Phi) is 8.65. The van der Waals surface area contributed by atoms with Crippen molar-refractivity contribution in [3.05, 3.63) is 47.6 Å². The van der Waals surface area contributed by atoms with Crippen LogP contribution in [-0.4, -0.2) is 22.2 Å². The Morgan fingerprint density at radius 1 is 0.706 bits per heavy atom. The predicted molar refractivity (Wildman–Crippen MR) is 137 cm³/mol. The molecule has 188 valence electrons. The fourth-order valence-corrected chi connectivity index (χ4v) is 7.04. The molecule has 0 saturated heterocycles. The van der Waals surface area contributed by atoms with Crippen molar-refractivity contribution < 1.29 is 19.8 Å². The first-order chi connectivity index (χ1) is 16.0. The molecule has 2 N–H and O–H groups in total. The maximum absolute atomic E-state index is 11.1. The van der Waals surface area contributed by atoms with E-state index in [0.717, 1.165) is 25.7 Å². The molecule has 6 atom stereocenters. The second kappa shape index (κ2) is 11.1. The van der Waals surface area contributed by atoms with E-state index >= 15 is 0 Å². The molecule has 0 bridgehead atoms. The summed E-state index contributed by atoms with van der Waals surface area (Å²) in [5.74, 6) is 2.91. The van der Waals surface area contributed by atoms with Crippen LogP contribution in [0.25, 0.3) is 0 Å². The molecule has 0 aromatic heterocycles. The molecule has 0 spiro atoms. The van der Waals surface area contributed by atoms with Crippen LogP contribution in [0.3, 0.4) is 0 Å². The predicted octanol–water partition coefficient (Wildman–Crippen LogP) is 7.29.